The molecule has 0 bridgehead atoms. The summed E-state index contributed by atoms with van der Waals surface area (Å²) in [6.07, 6.45) is 9.52. The Morgan fingerprint density at radius 2 is 1.86 bits per heavy atom. The van der Waals surface area contributed by atoms with Crippen LogP contribution in [0.1, 0.15) is 58.3 Å². The zero-order chi connectivity index (χ0) is 16.8. The molecule has 0 aromatic carbocycles. The third-order valence-corrected chi connectivity index (χ3v) is 3.96. The first-order valence-electron chi connectivity index (χ1n) is 8.60. The Hall–Kier alpha value is -0.625. The van der Waals surface area contributed by atoms with Crippen LogP contribution >= 0.6 is 0 Å². The molecule has 130 valence electrons. The smallest absolute Gasteiger partial charge is 0.427 e. The quantitative estimate of drug-likeness (QED) is 0.332. The fourth-order valence-corrected chi connectivity index (χ4v) is 2.41. The number of carbonyl (C=O) groups is 1. The minimum atomic E-state index is -1.12. The SMILES string of the molecule is CCB(O)O.NCCCCC(N)C(=O)NCC1CCCCC1. The van der Waals surface area contributed by atoms with Crippen molar-refractivity contribution in [1.29, 1.82) is 0 Å². The lowest BCUT2D eigenvalue weighted by molar-refractivity contribution is -0.122. The first-order chi connectivity index (χ1) is 10.5. The average Bonchev–Trinajstić information content (AvgIpc) is 2.54. The van der Waals surface area contributed by atoms with Gasteiger partial charge in [0, 0.05) is 6.54 Å². The molecule has 1 unspecified atom stereocenters. The van der Waals surface area contributed by atoms with Gasteiger partial charge in [0.05, 0.1) is 6.04 Å². The van der Waals surface area contributed by atoms with Gasteiger partial charge < -0.3 is 26.8 Å². The van der Waals surface area contributed by atoms with Crippen molar-refractivity contribution in [2.75, 3.05) is 13.1 Å². The highest BCUT2D eigenvalue weighted by molar-refractivity contribution is 6.40. The zero-order valence-electron chi connectivity index (χ0n) is 14.0. The number of carbonyl (C=O) groups excluding carboxylic acids is 1. The zero-order valence-corrected chi connectivity index (χ0v) is 14.0. The maximum Gasteiger partial charge on any atom is 0.451 e. The van der Waals surface area contributed by atoms with Gasteiger partial charge in [0.25, 0.3) is 0 Å². The number of amides is 1. The number of nitrogens with one attached hydrogen (secondary N) is 1. The van der Waals surface area contributed by atoms with Gasteiger partial charge in [-0.2, -0.15) is 0 Å². The number of hydrogen-bond acceptors (Lipinski definition) is 5. The molecule has 1 aliphatic rings. The lowest BCUT2D eigenvalue weighted by Crippen LogP contribution is -2.42. The van der Waals surface area contributed by atoms with Gasteiger partial charge in [-0.25, -0.2) is 0 Å². The highest BCUT2D eigenvalue weighted by Gasteiger charge is 2.17. The number of hydrogen-bond donors (Lipinski definition) is 5. The molecule has 0 aliphatic heterocycles. The van der Waals surface area contributed by atoms with Crippen LogP contribution in [0.25, 0.3) is 0 Å². The number of unbranched alkanes of at least 4 members (excludes halogenated alkanes) is 1. The van der Waals surface area contributed by atoms with Crippen molar-refractivity contribution in [2.24, 2.45) is 17.4 Å². The maximum absolute atomic E-state index is 11.7. The molecule has 1 saturated carbocycles. The van der Waals surface area contributed by atoms with Crippen LogP contribution in [0.4, 0.5) is 0 Å². The van der Waals surface area contributed by atoms with Crippen LogP contribution in [-0.2, 0) is 4.79 Å². The molecule has 0 heterocycles. The molecule has 1 rings (SSSR count). The van der Waals surface area contributed by atoms with E-state index in [2.05, 4.69) is 5.32 Å². The topological polar surface area (TPSA) is 122 Å². The van der Waals surface area contributed by atoms with Gasteiger partial charge in [0.15, 0.2) is 0 Å². The molecule has 0 spiro atoms. The highest BCUT2D eigenvalue weighted by atomic mass is 16.4. The minimum absolute atomic E-state index is 0.00703. The second-order valence-corrected chi connectivity index (χ2v) is 6.03. The van der Waals surface area contributed by atoms with Gasteiger partial charge in [-0.05, 0) is 44.5 Å². The van der Waals surface area contributed by atoms with Crippen LogP contribution < -0.4 is 16.8 Å². The Morgan fingerprint density at radius 1 is 1.27 bits per heavy atom. The van der Waals surface area contributed by atoms with E-state index < -0.39 is 7.12 Å². The Balaban J connectivity index is 0.000000763. The van der Waals surface area contributed by atoms with Gasteiger partial charge in [0.1, 0.15) is 0 Å². The molecular weight excluding hydrogens is 281 g/mol. The second-order valence-electron chi connectivity index (χ2n) is 6.03. The molecule has 22 heavy (non-hydrogen) atoms. The predicted octanol–water partition coefficient (Wildman–Crippen LogP) is 0.618. The Bertz CT molecular complexity index is 275. The molecule has 0 saturated heterocycles. The molecule has 1 amide bonds. The van der Waals surface area contributed by atoms with Crippen molar-refractivity contribution in [3.8, 4) is 0 Å². The van der Waals surface area contributed by atoms with Crippen molar-refractivity contribution in [2.45, 2.75) is 70.7 Å². The Kier molecular flexibility index (Phi) is 13.6. The van der Waals surface area contributed by atoms with Crippen LogP contribution in [0.5, 0.6) is 0 Å². The van der Waals surface area contributed by atoms with Crippen LogP contribution in [0.15, 0.2) is 0 Å². The summed E-state index contributed by atoms with van der Waals surface area (Å²) in [5.74, 6) is 0.677. The Morgan fingerprint density at radius 3 is 2.36 bits per heavy atom. The molecule has 7 heteroatoms. The summed E-state index contributed by atoms with van der Waals surface area (Å²) in [4.78, 5) is 11.7. The van der Waals surface area contributed by atoms with Gasteiger partial charge in [0.2, 0.25) is 5.91 Å². The van der Waals surface area contributed by atoms with Crippen molar-refractivity contribution in [3.05, 3.63) is 0 Å². The third kappa shape index (κ3) is 12.0. The summed E-state index contributed by atoms with van der Waals surface area (Å²) >= 11 is 0. The number of nitrogens with two attached hydrogens (primary N) is 2. The molecule has 7 N–H and O–H groups in total. The predicted molar refractivity (Wildman–Crippen MR) is 91.1 cm³/mol. The van der Waals surface area contributed by atoms with Gasteiger partial charge >= 0.3 is 7.12 Å². The molecular formula is C15H34BN3O3. The normalized spacial score (nSPS) is 16.4. The summed E-state index contributed by atoms with van der Waals surface area (Å²) in [6.45, 7) is 3.19. The summed E-state index contributed by atoms with van der Waals surface area (Å²) in [5, 5.41) is 18.8. The van der Waals surface area contributed by atoms with Crippen molar-refractivity contribution >= 4 is 13.0 Å². The first-order valence-corrected chi connectivity index (χ1v) is 8.60. The summed E-state index contributed by atoms with van der Waals surface area (Å²) in [7, 11) is -1.12. The van der Waals surface area contributed by atoms with E-state index in [0.717, 1.165) is 25.8 Å². The van der Waals surface area contributed by atoms with E-state index in [1.54, 1.807) is 6.92 Å². The Labute approximate surface area is 135 Å². The molecule has 6 nitrogen and oxygen atoms in total. The van der Waals surface area contributed by atoms with Gasteiger partial charge in [-0.3, -0.25) is 4.79 Å². The lowest BCUT2D eigenvalue weighted by atomic mass is 9.88. The van der Waals surface area contributed by atoms with Crippen LogP contribution in [0.2, 0.25) is 6.32 Å². The van der Waals surface area contributed by atoms with E-state index in [9.17, 15) is 4.79 Å². The standard InChI is InChI=1S/C13H27N3O.C2H7BO2/c14-9-5-4-8-12(15)13(17)16-10-11-6-2-1-3-7-11;1-2-3(4)5/h11-12H,1-10,14-15H2,(H,16,17);4-5H,2H2,1H3. The lowest BCUT2D eigenvalue weighted by Gasteiger charge is -2.22. The van der Waals surface area contributed by atoms with Crippen molar-refractivity contribution < 1.29 is 14.8 Å². The van der Waals surface area contributed by atoms with Crippen molar-refractivity contribution in [3.63, 3.8) is 0 Å². The molecule has 1 fully saturated rings. The van der Waals surface area contributed by atoms with E-state index in [1.165, 1.54) is 32.1 Å². The molecule has 0 aromatic rings. The minimum Gasteiger partial charge on any atom is -0.427 e. The van der Waals surface area contributed by atoms with E-state index in [0.29, 0.717) is 18.8 Å². The fraction of sp³-hybridized carbons (Fsp3) is 0.933. The fourth-order valence-electron chi connectivity index (χ4n) is 2.41. The first kappa shape index (κ1) is 21.4. The van der Waals surface area contributed by atoms with Crippen LogP contribution in [0, 0.1) is 5.92 Å². The average molecular weight is 315 g/mol. The van der Waals surface area contributed by atoms with E-state index in [4.69, 9.17) is 21.5 Å². The van der Waals surface area contributed by atoms with Crippen LogP contribution in [0.3, 0.4) is 0 Å². The van der Waals surface area contributed by atoms with Crippen molar-refractivity contribution in [1.82, 2.24) is 5.32 Å². The van der Waals surface area contributed by atoms with E-state index in [1.807, 2.05) is 0 Å². The summed E-state index contributed by atoms with van der Waals surface area (Å²) in [6, 6.07) is -0.356. The summed E-state index contributed by atoms with van der Waals surface area (Å²) < 4.78 is 0. The molecule has 1 atom stereocenters. The number of rotatable bonds is 8. The second kappa shape index (κ2) is 14.0. The maximum atomic E-state index is 11.7. The highest BCUT2D eigenvalue weighted by Crippen LogP contribution is 2.22. The molecule has 0 radical (unpaired) electrons. The summed E-state index contributed by atoms with van der Waals surface area (Å²) in [5.41, 5.74) is 11.2. The van der Waals surface area contributed by atoms with Gasteiger partial charge in [-0.1, -0.05) is 32.6 Å². The van der Waals surface area contributed by atoms with E-state index in [-0.39, 0.29) is 11.9 Å². The third-order valence-electron chi connectivity index (χ3n) is 3.96. The monoisotopic (exact) mass is 315 g/mol. The molecule has 0 aromatic heterocycles. The molecule has 1 aliphatic carbocycles. The van der Waals surface area contributed by atoms with E-state index >= 15 is 0 Å². The largest absolute Gasteiger partial charge is 0.451 e. The van der Waals surface area contributed by atoms with Gasteiger partial charge in [-0.15, -0.1) is 0 Å². The van der Waals surface area contributed by atoms with Crippen LogP contribution in [-0.4, -0.2) is 42.2 Å².